The van der Waals surface area contributed by atoms with E-state index in [1.54, 1.807) is 68.5 Å². The van der Waals surface area contributed by atoms with Crippen LogP contribution >= 0.6 is 0 Å². The van der Waals surface area contributed by atoms with Gasteiger partial charge in [-0.05, 0) is 48.9 Å². The van der Waals surface area contributed by atoms with Gasteiger partial charge in [-0.2, -0.15) is 0 Å². The predicted octanol–water partition coefficient (Wildman–Crippen LogP) is 3.57. The Balaban J connectivity index is 1.74. The number of fused-ring (bicyclic) bond motifs is 1. The normalized spacial score (nSPS) is 13.6. The summed E-state index contributed by atoms with van der Waals surface area (Å²) in [6.07, 6.45) is 1.05. The first-order chi connectivity index (χ1) is 19.4. The molecule has 3 aromatic rings. The second-order valence-electron chi connectivity index (χ2n) is 9.88. The molecule has 1 aliphatic heterocycles. The van der Waals surface area contributed by atoms with Crippen LogP contribution in [0.3, 0.4) is 0 Å². The van der Waals surface area contributed by atoms with Crippen molar-refractivity contribution in [3.63, 3.8) is 0 Å². The van der Waals surface area contributed by atoms with Crippen molar-refractivity contribution in [1.82, 2.24) is 9.80 Å². The molecule has 0 unspecified atom stereocenters. The third-order valence-corrected chi connectivity index (χ3v) is 7.89. The molecule has 0 saturated carbocycles. The van der Waals surface area contributed by atoms with Crippen LogP contribution in [0.2, 0.25) is 0 Å². The van der Waals surface area contributed by atoms with Crippen LogP contribution < -0.4 is 14.9 Å². The van der Waals surface area contributed by atoms with Gasteiger partial charge in [-0.15, -0.1) is 0 Å². The van der Waals surface area contributed by atoms with E-state index in [0.717, 1.165) is 16.1 Å². The fourth-order valence-electron chi connectivity index (χ4n) is 4.32. The summed E-state index contributed by atoms with van der Waals surface area (Å²) in [7, 11) is 1.13. The fourth-order valence-corrected chi connectivity index (χ4v) is 5.17. The second-order valence-corrected chi connectivity index (χ2v) is 11.8. The van der Waals surface area contributed by atoms with E-state index in [0.29, 0.717) is 46.0 Å². The maximum Gasteiger partial charge on any atom is 0.258 e. The minimum Gasteiger partial charge on any atom is -0.354 e. The topological polar surface area (TPSA) is 119 Å². The summed E-state index contributed by atoms with van der Waals surface area (Å²) in [6, 6.07) is 21.1. The van der Waals surface area contributed by atoms with Crippen molar-refractivity contribution in [3.05, 3.63) is 89.5 Å². The molecule has 4 rings (SSSR count). The molecule has 0 atom stereocenters. The number of carbonyl (C=O) groups is 3. The highest BCUT2D eigenvalue weighted by Crippen LogP contribution is 2.38. The van der Waals surface area contributed by atoms with E-state index < -0.39 is 10.0 Å². The molecule has 214 valence electrons. The lowest BCUT2D eigenvalue weighted by molar-refractivity contribution is -0.127. The molecule has 2 N–H and O–H groups in total. The molecule has 0 aliphatic carbocycles. The highest BCUT2D eigenvalue weighted by molar-refractivity contribution is 7.92. The van der Waals surface area contributed by atoms with Crippen molar-refractivity contribution in [2.75, 3.05) is 55.4 Å². The molecule has 1 aliphatic rings. The first kappa shape index (κ1) is 29.3. The summed E-state index contributed by atoms with van der Waals surface area (Å²) in [5.41, 5.74) is 4.32. The van der Waals surface area contributed by atoms with Crippen LogP contribution in [0.15, 0.2) is 72.8 Å². The van der Waals surface area contributed by atoms with Gasteiger partial charge in [-0.3, -0.25) is 18.7 Å². The Labute approximate surface area is 240 Å². The van der Waals surface area contributed by atoms with Gasteiger partial charge in [-0.25, -0.2) is 8.42 Å². The van der Waals surface area contributed by atoms with E-state index >= 15 is 0 Å². The number of amides is 3. The molecule has 0 saturated heterocycles. The summed E-state index contributed by atoms with van der Waals surface area (Å²) in [6.45, 7) is 2.12. The molecular formula is C30H33N5O5S. The van der Waals surface area contributed by atoms with E-state index in [1.807, 2.05) is 37.3 Å². The zero-order chi connectivity index (χ0) is 29.9. The summed E-state index contributed by atoms with van der Waals surface area (Å²) in [4.78, 5) is 41.2. The summed E-state index contributed by atoms with van der Waals surface area (Å²) in [5.74, 6) is -0.813. The minimum absolute atomic E-state index is 0.140. The third-order valence-electron chi connectivity index (χ3n) is 6.75. The molecule has 0 radical (unpaired) electrons. The van der Waals surface area contributed by atoms with Crippen LogP contribution in [-0.2, 0) is 19.6 Å². The summed E-state index contributed by atoms with van der Waals surface area (Å²) >= 11 is 0. The maximum atomic E-state index is 13.3. The lowest BCUT2D eigenvalue weighted by Gasteiger charge is -2.24. The van der Waals surface area contributed by atoms with E-state index in [1.165, 1.54) is 4.90 Å². The third kappa shape index (κ3) is 6.41. The predicted molar refractivity (Wildman–Crippen MR) is 162 cm³/mol. The Hall–Kier alpha value is -4.64. The van der Waals surface area contributed by atoms with Gasteiger partial charge in [0.2, 0.25) is 15.9 Å². The monoisotopic (exact) mass is 575 g/mol. The Morgan fingerprint density at radius 3 is 2.15 bits per heavy atom. The molecule has 0 aromatic heterocycles. The number of benzene rings is 3. The van der Waals surface area contributed by atoms with Crippen molar-refractivity contribution in [2.45, 2.75) is 6.92 Å². The molecule has 0 spiro atoms. The van der Waals surface area contributed by atoms with Crippen molar-refractivity contribution in [1.29, 1.82) is 0 Å². The fraction of sp³-hybridized carbons (Fsp3) is 0.233. The molecule has 10 nitrogen and oxygen atoms in total. The smallest absolute Gasteiger partial charge is 0.258 e. The number of likely N-dealkylation sites (N-methyl/N-ethyl adjacent to an activating group) is 1. The molecule has 41 heavy (non-hydrogen) atoms. The zero-order valence-corrected chi connectivity index (χ0v) is 24.5. The molecule has 11 heteroatoms. The number of anilines is 3. The Kier molecular flexibility index (Phi) is 8.48. The van der Waals surface area contributed by atoms with E-state index in [-0.39, 0.29) is 24.3 Å². The van der Waals surface area contributed by atoms with Gasteiger partial charge < -0.3 is 20.4 Å². The van der Waals surface area contributed by atoms with Crippen LogP contribution in [0.1, 0.15) is 28.4 Å². The molecular weight excluding hydrogens is 542 g/mol. The quantitative estimate of drug-likeness (QED) is 0.377. The standard InChI is InChI=1S/C30H33N5O5S/c1-6-34(4)30(38)21-12-17-24-25(18-21)32-29(37)27(24)28(20-10-8-7-9-11-20)31-22-13-15-23(16-14-22)35(41(5,39)40)19-26(36)33(2)3/h7-18,31H,6,19H2,1-5H3,(H,32,37)/b28-27-. The first-order valence-electron chi connectivity index (χ1n) is 13.0. The average Bonchev–Trinajstić information content (AvgIpc) is 3.28. The first-order valence-corrected chi connectivity index (χ1v) is 14.8. The SMILES string of the molecule is CCN(C)C(=O)c1ccc2c(c1)NC(=O)/C2=C(\Nc1ccc(N(CC(=O)N(C)C)S(C)(=O)=O)cc1)c1ccccc1. The van der Waals surface area contributed by atoms with Crippen LogP contribution in [0, 0.1) is 0 Å². The molecule has 0 bridgehead atoms. The lowest BCUT2D eigenvalue weighted by Crippen LogP contribution is -2.39. The number of hydrogen-bond acceptors (Lipinski definition) is 6. The van der Waals surface area contributed by atoms with Crippen LogP contribution in [0.25, 0.3) is 11.3 Å². The van der Waals surface area contributed by atoms with E-state index in [4.69, 9.17) is 0 Å². The molecule has 1 heterocycles. The maximum absolute atomic E-state index is 13.3. The Bertz CT molecular complexity index is 1620. The van der Waals surface area contributed by atoms with Gasteiger partial charge in [-0.1, -0.05) is 36.4 Å². The number of nitrogens with one attached hydrogen (secondary N) is 2. The van der Waals surface area contributed by atoms with E-state index in [2.05, 4.69) is 10.6 Å². The molecule has 0 fully saturated rings. The summed E-state index contributed by atoms with van der Waals surface area (Å²) in [5, 5.41) is 6.22. The Morgan fingerprint density at radius 2 is 1.56 bits per heavy atom. The largest absolute Gasteiger partial charge is 0.354 e. The van der Waals surface area contributed by atoms with Crippen molar-refractivity contribution in [3.8, 4) is 0 Å². The molecule has 3 amide bonds. The van der Waals surface area contributed by atoms with E-state index in [9.17, 15) is 22.8 Å². The number of nitrogens with zero attached hydrogens (tertiary/aromatic N) is 3. The Morgan fingerprint density at radius 1 is 0.902 bits per heavy atom. The number of hydrogen-bond donors (Lipinski definition) is 2. The highest BCUT2D eigenvalue weighted by Gasteiger charge is 2.30. The summed E-state index contributed by atoms with van der Waals surface area (Å²) < 4.78 is 25.9. The lowest BCUT2D eigenvalue weighted by atomic mass is 9.98. The van der Waals surface area contributed by atoms with Gasteiger partial charge in [0.05, 0.1) is 23.2 Å². The minimum atomic E-state index is -3.72. The van der Waals surface area contributed by atoms with Crippen LogP contribution in [0.4, 0.5) is 17.1 Å². The average molecular weight is 576 g/mol. The molecule has 3 aromatic carbocycles. The van der Waals surface area contributed by atoms with Gasteiger partial charge in [0.15, 0.2) is 0 Å². The van der Waals surface area contributed by atoms with Gasteiger partial charge in [0.25, 0.3) is 11.8 Å². The van der Waals surface area contributed by atoms with Crippen molar-refractivity contribution < 1.29 is 22.8 Å². The zero-order valence-electron chi connectivity index (χ0n) is 23.6. The van der Waals surface area contributed by atoms with Gasteiger partial charge >= 0.3 is 0 Å². The number of rotatable bonds is 9. The van der Waals surface area contributed by atoms with Gasteiger partial charge in [0, 0.05) is 50.2 Å². The number of sulfonamides is 1. The van der Waals surface area contributed by atoms with Crippen molar-refractivity contribution in [2.24, 2.45) is 0 Å². The second kappa shape index (κ2) is 11.8. The van der Waals surface area contributed by atoms with Crippen LogP contribution in [0.5, 0.6) is 0 Å². The highest BCUT2D eigenvalue weighted by atomic mass is 32.2. The van der Waals surface area contributed by atoms with Crippen LogP contribution in [-0.4, -0.2) is 76.4 Å². The number of carbonyl (C=O) groups excluding carboxylic acids is 3. The van der Waals surface area contributed by atoms with Crippen molar-refractivity contribution >= 4 is 56.1 Å². The van der Waals surface area contributed by atoms with Gasteiger partial charge in [0.1, 0.15) is 6.54 Å².